The number of aryl methyl sites for hydroxylation is 2. The predicted octanol–water partition coefficient (Wildman–Crippen LogP) is 1.27. The van der Waals surface area contributed by atoms with E-state index in [0.29, 0.717) is 0 Å². The van der Waals surface area contributed by atoms with Gasteiger partial charge in [-0.3, -0.25) is 4.68 Å². The third-order valence-corrected chi connectivity index (χ3v) is 3.58. The normalized spacial score (nSPS) is 10.9. The van der Waals surface area contributed by atoms with E-state index in [-0.39, 0.29) is 0 Å². The molecule has 0 aliphatic heterocycles. The molecule has 0 aromatic carbocycles. The van der Waals surface area contributed by atoms with E-state index in [9.17, 15) is 0 Å². The van der Waals surface area contributed by atoms with Crippen LogP contribution in [0.4, 0.5) is 0 Å². The van der Waals surface area contributed by atoms with Gasteiger partial charge in [-0.25, -0.2) is 4.98 Å². The first-order valence-electron chi connectivity index (χ1n) is 5.80. The number of hydrogen-bond acceptors (Lipinski definition) is 5. The Hall–Kier alpha value is -1.27. The molecule has 2 aromatic heterocycles. The van der Waals surface area contributed by atoms with E-state index in [1.807, 2.05) is 16.4 Å². The second-order valence-electron chi connectivity index (χ2n) is 3.88. The molecule has 5 nitrogen and oxygen atoms in total. The molecule has 0 unspecified atom stereocenters. The van der Waals surface area contributed by atoms with Crippen LogP contribution in [0.2, 0.25) is 0 Å². The van der Waals surface area contributed by atoms with Gasteiger partial charge in [0.2, 0.25) is 0 Å². The Morgan fingerprint density at radius 3 is 3.06 bits per heavy atom. The lowest BCUT2D eigenvalue weighted by Crippen LogP contribution is -2.19. The maximum Gasteiger partial charge on any atom is 0.0797 e. The molecule has 0 fully saturated rings. The highest BCUT2D eigenvalue weighted by atomic mass is 32.1. The van der Waals surface area contributed by atoms with Crippen LogP contribution in [0.1, 0.15) is 17.0 Å². The largest absolute Gasteiger partial charge is 0.316 e. The Morgan fingerprint density at radius 1 is 1.41 bits per heavy atom. The predicted molar refractivity (Wildman–Crippen MR) is 68.1 cm³/mol. The van der Waals surface area contributed by atoms with E-state index in [1.54, 1.807) is 17.5 Å². The van der Waals surface area contributed by atoms with Crippen LogP contribution in [-0.2, 0) is 13.0 Å². The molecule has 0 saturated heterocycles. The van der Waals surface area contributed by atoms with Crippen molar-refractivity contribution in [2.24, 2.45) is 0 Å². The zero-order valence-corrected chi connectivity index (χ0v) is 10.8. The van der Waals surface area contributed by atoms with E-state index in [4.69, 9.17) is 0 Å². The smallest absolute Gasteiger partial charge is 0.0797 e. The minimum atomic E-state index is 0.923. The van der Waals surface area contributed by atoms with E-state index < -0.39 is 0 Å². The standard InChI is InChI=1S/C11H17N5S/c1-10-11(17-9-13-10)3-5-12-4-2-7-16-8-6-14-15-16/h6,8-9,12H,2-5,7H2,1H3. The Kier molecular flexibility index (Phi) is 4.63. The first-order chi connectivity index (χ1) is 8.36. The number of nitrogens with zero attached hydrogens (tertiary/aromatic N) is 4. The molecule has 17 heavy (non-hydrogen) atoms. The zero-order valence-electron chi connectivity index (χ0n) is 9.96. The summed E-state index contributed by atoms with van der Waals surface area (Å²) in [4.78, 5) is 5.62. The Bertz CT molecular complexity index is 423. The lowest BCUT2D eigenvalue weighted by Gasteiger charge is -2.04. The van der Waals surface area contributed by atoms with Gasteiger partial charge >= 0.3 is 0 Å². The highest BCUT2D eigenvalue weighted by Gasteiger charge is 2.00. The van der Waals surface area contributed by atoms with Gasteiger partial charge in [0.25, 0.3) is 0 Å². The number of aromatic nitrogens is 4. The molecule has 0 aliphatic carbocycles. The van der Waals surface area contributed by atoms with E-state index in [1.165, 1.54) is 10.6 Å². The van der Waals surface area contributed by atoms with Gasteiger partial charge in [0.1, 0.15) is 0 Å². The second-order valence-corrected chi connectivity index (χ2v) is 4.82. The Morgan fingerprint density at radius 2 is 2.35 bits per heavy atom. The molecule has 0 amide bonds. The molecule has 0 bridgehead atoms. The van der Waals surface area contributed by atoms with Crippen LogP contribution in [0.5, 0.6) is 0 Å². The van der Waals surface area contributed by atoms with Crippen LogP contribution in [0.15, 0.2) is 17.9 Å². The van der Waals surface area contributed by atoms with E-state index in [2.05, 4.69) is 27.5 Å². The second kappa shape index (κ2) is 6.46. The molecule has 0 aliphatic rings. The van der Waals surface area contributed by atoms with Gasteiger partial charge in [-0.2, -0.15) is 0 Å². The fourth-order valence-electron chi connectivity index (χ4n) is 1.61. The van der Waals surface area contributed by atoms with Crippen molar-refractivity contribution >= 4 is 11.3 Å². The minimum absolute atomic E-state index is 0.923. The number of nitrogens with one attached hydrogen (secondary N) is 1. The van der Waals surface area contributed by atoms with E-state index >= 15 is 0 Å². The van der Waals surface area contributed by atoms with Gasteiger partial charge in [-0.1, -0.05) is 5.21 Å². The summed E-state index contributed by atoms with van der Waals surface area (Å²) in [7, 11) is 0. The summed E-state index contributed by atoms with van der Waals surface area (Å²) in [6.07, 6.45) is 5.74. The van der Waals surface area contributed by atoms with Crippen molar-refractivity contribution in [2.75, 3.05) is 13.1 Å². The van der Waals surface area contributed by atoms with Crippen LogP contribution in [0, 0.1) is 6.92 Å². The third kappa shape index (κ3) is 3.90. The number of rotatable bonds is 7. The van der Waals surface area contributed by atoms with Gasteiger partial charge < -0.3 is 5.32 Å². The molecule has 0 spiro atoms. The SMILES string of the molecule is Cc1ncsc1CCNCCCn1ccnn1. The van der Waals surface area contributed by atoms with Gasteiger partial charge in [0, 0.05) is 24.2 Å². The molecule has 2 aromatic rings. The molecular formula is C11H17N5S. The van der Waals surface area contributed by atoms with Crippen LogP contribution < -0.4 is 5.32 Å². The van der Waals surface area contributed by atoms with Crippen LogP contribution in [0.25, 0.3) is 0 Å². The van der Waals surface area contributed by atoms with Gasteiger partial charge in [-0.15, -0.1) is 16.4 Å². The van der Waals surface area contributed by atoms with Crippen LogP contribution in [0.3, 0.4) is 0 Å². The van der Waals surface area contributed by atoms with Crippen LogP contribution >= 0.6 is 11.3 Å². The summed E-state index contributed by atoms with van der Waals surface area (Å²) >= 11 is 1.74. The molecule has 6 heteroatoms. The summed E-state index contributed by atoms with van der Waals surface area (Å²) in [6.45, 7) is 5.02. The summed E-state index contributed by atoms with van der Waals surface area (Å²) in [5.74, 6) is 0. The van der Waals surface area contributed by atoms with Gasteiger partial charge in [0.15, 0.2) is 0 Å². The van der Waals surface area contributed by atoms with Crippen molar-refractivity contribution in [1.82, 2.24) is 25.3 Å². The molecule has 92 valence electrons. The first-order valence-corrected chi connectivity index (χ1v) is 6.68. The summed E-state index contributed by atoms with van der Waals surface area (Å²) in [5, 5.41) is 11.1. The van der Waals surface area contributed by atoms with Crippen molar-refractivity contribution in [3.8, 4) is 0 Å². The monoisotopic (exact) mass is 251 g/mol. The molecule has 0 radical (unpaired) electrons. The average molecular weight is 251 g/mol. The first kappa shape index (κ1) is 12.2. The summed E-state index contributed by atoms with van der Waals surface area (Å²) in [6, 6.07) is 0. The quantitative estimate of drug-likeness (QED) is 0.753. The summed E-state index contributed by atoms with van der Waals surface area (Å²) < 4.78 is 1.86. The molecule has 0 saturated carbocycles. The van der Waals surface area contributed by atoms with Crippen molar-refractivity contribution in [2.45, 2.75) is 26.3 Å². The lowest BCUT2D eigenvalue weighted by molar-refractivity contribution is 0.531. The Labute approximate surface area is 105 Å². The van der Waals surface area contributed by atoms with Crippen molar-refractivity contribution in [1.29, 1.82) is 0 Å². The molecule has 2 heterocycles. The maximum absolute atomic E-state index is 4.24. The van der Waals surface area contributed by atoms with Crippen LogP contribution in [-0.4, -0.2) is 33.1 Å². The maximum atomic E-state index is 4.24. The third-order valence-electron chi connectivity index (χ3n) is 2.59. The molecule has 0 atom stereocenters. The highest BCUT2D eigenvalue weighted by Crippen LogP contribution is 2.11. The number of hydrogen-bond donors (Lipinski definition) is 1. The minimum Gasteiger partial charge on any atom is -0.316 e. The van der Waals surface area contributed by atoms with Crippen molar-refractivity contribution in [3.05, 3.63) is 28.5 Å². The highest BCUT2D eigenvalue weighted by molar-refractivity contribution is 7.09. The molecule has 2 rings (SSSR count). The lowest BCUT2D eigenvalue weighted by atomic mass is 10.3. The Balaban J connectivity index is 1.54. The average Bonchev–Trinajstić information content (AvgIpc) is 2.95. The number of thiazole rings is 1. The summed E-state index contributed by atoms with van der Waals surface area (Å²) in [5.41, 5.74) is 3.08. The molecule has 1 N–H and O–H groups in total. The molecular weight excluding hydrogens is 234 g/mol. The van der Waals surface area contributed by atoms with E-state index in [0.717, 1.165) is 32.5 Å². The van der Waals surface area contributed by atoms with Gasteiger partial charge in [-0.05, 0) is 26.3 Å². The fraction of sp³-hybridized carbons (Fsp3) is 0.545. The fourth-order valence-corrected chi connectivity index (χ4v) is 2.39. The van der Waals surface area contributed by atoms with Crippen molar-refractivity contribution in [3.63, 3.8) is 0 Å². The zero-order chi connectivity index (χ0) is 11.9. The topological polar surface area (TPSA) is 55.6 Å². The van der Waals surface area contributed by atoms with Crippen molar-refractivity contribution < 1.29 is 0 Å². The van der Waals surface area contributed by atoms with Gasteiger partial charge in [0.05, 0.1) is 17.4 Å².